The third kappa shape index (κ3) is 3.68. The summed E-state index contributed by atoms with van der Waals surface area (Å²) in [5, 5.41) is 0. The average Bonchev–Trinajstić information content (AvgIpc) is 3.18. The van der Waals surface area contributed by atoms with E-state index in [1.165, 1.54) is 0 Å². The van der Waals surface area contributed by atoms with Gasteiger partial charge in [0.15, 0.2) is 5.79 Å². The minimum atomic E-state index is -0.378. The summed E-state index contributed by atoms with van der Waals surface area (Å²) in [6.07, 6.45) is 3.50. The Morgan fingerprint density at radius 3 is 2.41 bits per heavy atom. The third-order valence-electron chi connectivity index (χ3n) is 5.30. The zero-order valence-corrected chi connectivity index (χ0v) is 15.6. The summed E-state index contributed by atoms with van der Waals surface area (Å²) in [6.45, 7) is 5.66. The topological polar surface area (TPSA) is 54.9 Å². The molecule has 142 valence electrons. The van der Waals surface area contributed by atoms with E-state index in [2.05, 4.69) is 9.88 Å². The number of nitrogens with zero attached hydrogens (tertiary/aromatic N) is 3. The van der Waals surface area contributed by atoms with E-state index in [1.807, 2.05) is 49.4 Å². The molecule has 6 heteroatoms. The second-order valence-corrected chi connectivity index (χ2v) is 6.88. The summed E-state index contributed by atoms with van der Waals surface area (Å²) >= 11 is 0. The maximum absolute atomic E-state index is 12.9. The molecular formula is C21H25N3O3. The summed E-state index contributed by atoms with van der Waals surface area (Å²) in [7, 11) is 0. The molecule has 1 spiro atoms. The molecule has 27 heavy (non-hydrogen) atoms. The molecule has 0 radical (unpaired) electrons. The van der Waals surface area contributed by atoms with E-state index in [-0.39, 0.29) is 11.7 Å². The molecule has 1 aromatic heterocycles. The van der Waals surface area contributed by atoms with E-state index in [0.29, 0.717) is 25.5 Å². The summed E-state index contributed by atoms with van der Waals surface area (Å²) in [4.78, 5) is 21.3. The lowest BCUT2D eigenvalue weighted by Crippen LogP contribution is -2.45. The van der Waals surface area contributed by atoms with Gasteiger partial charge in [0.25, 0.3) is 5.91 Å². The van der Waals surface area contributed by atoms with Gasteiger partial charge in [-0.25, -0.2) is 4.98 Å². The standard InChI is InChI=1S/C21H25N3O3/c1-2-24(17-6-4-3-5-7-17)20(25)19-9-8-18(16-22-19)23-12-10-21(11-13-23)26-14-15-27-21/h3-9,16H,2,10-15H2,1H3. The van der Waals surface area contributed by atoms with Crippen molar-refractivity contribution in [2.24, 2.45) is 0 Å². The number of rotatable bonds is 4. The Bertz CT molecular complexity index is 763. The van der Waals surface area contributed by atoms with Crippen LogP contribution in [-0.4, -0.2) is 49.5 Å². The summed E-state index contributed by atoms with van der Waals surface area (Å²) < 4.78 is 11.6. The highest BCUT2D eigenvalue weighted by Crippen LogP contribution is 2.33. The first-order valence-corrected chi connectivity index (χ1v) is 9.57. The van der Waals surface area contributed by atoms with Crippen LogP contribution in [-0.2, 0) is 9.47 Å². The fourth-order valence-electron chi connectivity index (χ4n) is 3.78. The summed E-state index contributed by atoms with van der Waals surface area (Å²) in [6, 6.07) is 13.5. The number of hydrogen-bond acceptors (Lipinski definition) is 5. The van der Waals surface area contributed by atoms with Crippen LogP contribution in [0.4, 0.5) is 11.4 Å². The second-order valence-electron chi connectivity index (χ2n) is 6.88. The van der Waals surface area contributed by atoms with E-state index in [0.717, 1.165) is 37.3 Å². The monoisotopic (exact) mass is 367 g/mol. The van der Waals surface area contributed by atoms with Crippen LogP contribution >= 0.6 is 0 Å². The normalized spacial score (nSPS) is 18.6. The molecule has 0 unspecified atom stereocenters. The van der Waals surface area contributed by atoms with Gasteiger partial charge in [-0.3, -0.25) is 4.79 Å². The van der Waals surface area contributed by atoms with Gasteiger partial charge in [0.05, 0.1) is 25.1 Å². The molecule has 1 amide bonds. The van der Waals surface area contributed by atoms with Crippen LogP contribution in [0.2, 0.25) is 0 Å². The largest absolute Gasteiger partial charge is 0.370 e. The van der Waals surface area contributed by atoms with Crippen LogP contribution in [0.3, 0.4) is 0 Å². The highest BCUT2D eigenvalue weighted by atomic mass is 16.7. The minimum Gasteiger partial charge on any atom is -0.370 e. The summed E-state index contributed by atoms with van der Waals surface area (Å²) in [5.74, 6) is -0.461. The Morgan fingerprint density at radius 1 is 1.11 bits per heavy atom. The lowest BCUT2D eigenvalue weighted by atomic mass is 10.0. The number of para-hydroxylation sites is 1. The van der Waals surface area contributed by atoms with E-state index in [4.69, 9.17) is 9.47 Å². The lowest BCUT2D eigenvalue weighted by molar-refractivity contribution is -0.169. The van der Waals surface area contributed by atoms with E-state index in [1.54, 1.807) is 11.1 Å². The van der Waals surface area contributed by atoms with E-state index in [9.17, 15) is 4.79 Å². The zero-order valence-electron chi connectivity index (χ0n) is 15.6. The van der Waals surface area contributed by atoms with Crippen LogP contribution in [0, 0.1) is 0 Å². The van der Waals surface area contributed by atoms with Crippen molar-refractivity contribution in [3.05, 3.63) is 54.4 Å². The van der Waals surface area contributed by atoms with Crippen LogP contribution in [0.5, 0.6) is 0 Å². The van der Waals surface area contributed by atoms with Gasteiger partial charge >= 0.3 is 0 Å². The minimum absolute atomic E-state index is 0.0828. The number of hydrogen-bond donors (Lipinski definition) is 0. The molecule has 0 bridgehead atoms. The smallest absolute Gasteiger partial charge is 0.276 e. The lowest BCUT2D eigenvalue weighted by Gasteiger charge is -2.38. The molecule has 0 N–H and O–H groups in total. The Labute approximate surface area is 159 Å². The number of anilines is 2. The number of amides is 1. The number of piperidine rings is 1. The van der Waals surface area contributed by atoms with Crippen molar-refractivity contribution in [1.29, 1.82) is 0 Å². The molecule has 3 heterocycles. The fourth-order valence-corrected chi connectivity index (χ4v) is 3.78. The molecule has 2 saturated heterocycles. The Kier molecular flexibility index (Phi) is 5.09. The van der Waals surface area contributed by atoms with Crippen molar-refractivity contribution in [2.45, 2.75) is 25.6 Å². The van der Waals surface area contributed by atoms with Crippen molar-refractivity contribution in [3.8, 4) is 0 Å². The molecular weight excluding hydrogens is 342 g/mol. The first-order valence-electron chi connectivity index (χ1n) is 9.57. The number of carbonyl (C=O) groups excluding carboxylic acids is 1. The predicted octanol–water partition coefficient (Wildman–Crippen LogP) is 3.09. The predicted molar refractivity (Wildman–Crippen MR) is 104 cm³/mol. The SMILES string of the molecule is CCN(C(=O)c1ccc(N2CCC3(CC2)OCCO3)cn1)c1ccccc1. The molecule has 1 aromatic carbocycles. The van der Waals surface area contributed by atoms with E-state index < -0.39 is 0 Å². The maximum Gasteiger partial charge on any atom is 0.276 e. The van der Waals surface area contributed by atoms with Crippen molar-refractivity contribution in [2.75, 3.05) is 42.6 Å². The van der Waals surface area contributed by atoms with Crippen LogP contribution < -0.4 is 9.80 Å². The van der Waals surface area contributed by atoms with Gasteiger partial charge in [-0.2, -0.15) is 0 Å². The first-order chi connectivity index (χ1) is 13.2. The highest BCUT2D eigenvalue weighted by molar-refractivity contribution is 6.04. The number of pyridine rings is 1. The zero-order chi connectivity index (χ0) is 18.7. The van der Waals surface area contributed by atoms with Crippen molar-refractivity contribution in [3.63, 3.8) is 0 Å². The molecule has 2 aliphatic heterocycles. The van der Waals surface area contributed by atoms with Gasteiger partial charge in [-0.15, -0.1) is 0 Å². The van der Waals surface area contributed by atoms with Crippen LogP contribution in [0.1, 0.15) is 30.3 Å². The molecule has 2 aromatic rings. The van der Waals surface area contributed by atoms with Crippen LogP contribution in [0.15, 0.2) is 48.7 Å². The molecule has 0 atom stereocenters. The molecule has 4 rings (SSSR count). The van der Waals surface area contributed by atoms with Crippen molar-refractivity contribution >= 4 is 17.3 Å². The maximum atomic E-state index is 12.9. The van der Waals surface area contributed by atoms with Gasteiger partial charge in [-0.1, -0.05) is 18.2 Å². The molecule has 0 saturated carbocycles. The van der Waals surface area contributed by atoms with Gasteiger partial charge in [0.1, 0.15) is 5.69 Å². The third-order valence-corrected chi connectivity index (χ3v) is 5.30. The van der Waals surface area contributed by atoms with E-state index >= 15 is 0 Å². The number of carbonyl (C=O) groups is 1. The highest BCUT2D eigenvalue weighted by Gasteiger charge is 2.39. The number of aromatic nitrogens is 1. The second kappa shape index (κ2) is 7.66. The number of ether oxygens (including phenoxy) is 2. The molecule has 6 nitrogen and oxygen atoms in total. The van der Waals surface area contributed by atoms with Crippen molar-refractivity contribution < 1.29 is 14.3 Å². The van der Waals surface area contributed by atoms with Crippen molar-refractivity contribution in [1.82, 2.24) is 4.98 Å². The average molecular weight is 367 g/mol. The van der Waals surface area contributed by atoms with Gasteiger partial charge < -0.3 is 19.3 Å². The summed E-state index contributed by atoms with van der Waals surface area (Å²) in [5.41, 5.74) is 2.37. The number of benzene rings is 1. The first kappa shape index (κ1) is 17.9. The molecule has 2 fully saturated rings. The van der Waals surface area contributed by atoms with Gasteiger partial charge in [0.2, 0.25) is 0 Å². The Hall–Kier alpha value is -2.44. The molecule has 2 aliphatic rings. The fraction of sp³-hybridized carbons (Fsp3) is 0.429. The van der Waals surface area contributed by atoms with Crippen LogP contribution in [0.25, 0.3) is 0 Å². The Morgan fingerprint density at radius 2 is 1.81 bits per heavy atom. The molecule has 0 aliphatic carbocycles. The quantitative estimate of drug-likeness (QED) is 0.831. The van der Waals surface area contributed by atoms with Gasteiger partial charge in [-0.05, 0) is 31.2 Å². The van der Waals surface area contributed by atoms with Gasteiger partial charge in [0, 0.05) is 38.2 Å². The Balaban J connectivity index is 1.43.